The van der Waals surface area contributed by atoms with Crippen LogP contribution in [0.5, 0.6) is 5.75 Å². The molecule has 2 aromatic carbocycles. The molecule has 1 aliphatic rings. The van der Waals surface area contributed by atoms with Gasteiger partial charge in [0.05, 0.1) is 27.4 Å². The molecule has 1 amide bonds. The second-order valence-electron chi connectivity index (χ2n) is 6.75. The third-order valence-electron chi connectivity index (χ3n) is 5.12. The molecule has 1 saturated heterocycles. The highest BCUT2D eigenvalue weighted by molar-refractivity contribution is 6.33. The monoisotopic (exact) mass is 390 g/mol. The average Bonchev–Trinajstić information content (AvgIpc) is 3.02. The van der Waals surface area contributed by atoms with Crippen molar-refractivity contribution in [1.82, 2.24) is 10.2 Å². The van der Waals surface area contributed by atoms with Crippen molar-refractivity contribution in [2.75, 3.05) is 25.9 Å². The molecule has 1 fully saturated rings. The summed E-state index contributed by atoms with van der Waals surface area (Å²) >= 11 is 6.23. The van der Waals surface area contributed by atoms with Gasteiger partial charge in [-0.25, -0.2) is 0 Å². The SMILES string of the molecule is [2H]C([2H])([2H])Oc1cc(NC)c(Cl)cc1C(=O)N[C@@H]1CCN(Cc2ccccc2)[C@@H]1C. The number of rotatable bonds is 6. The average molecular weight is 391 g/mol. The summed E-state index contributed by atoms with van der Waals surface area (Å²) in [6.45, 7) is 3.75. The second-order valence-corrected chi connectivity index (χ2v) is 7.15. The molecule has 0 aromatic heterocycles. The third-order valence-corrected chi connectivity index (χ3v) is 5.44. The molecule has 144 valence electrons. The Hall–Kier alpha value is -2.24. The molecule has 0 aliphatic carbocycles. The summed E-state index contributed by atoms with van der Waals surface area (Å²) in [6.07, 6.45) is 0.803. The number of ether oxygens (including phenoxy) is 1. The van der Waals surface area contributed by atoms with E-state index in [0.29, 0.717) is 10.7 Å². The van der Waals surface area contributed by atoms with Crippen molar-refractivity contribution in [3.63, 3.8) is 0 Å². The van der Waals surface area contributed by atoms with Crippen molar-refractivity contribution in [2.24, 2.45) is 0 Å². The first kappa shape index (κ1) is 15.8. The van der Waals surface area contributed by atoms with E-state index < -0.39 is 12.9 Å². The maximum atomic E-state index is 13.0. The first-order valence-corrected chi connectivity index (χ1v) is 9.35. The summed E-state index contributed by atoms with van der Waals surface area (Å²) in [6, 6.07) is 13.1. The molecule has 2 N–H and O–H groups in total. The molecule has 0 spiro atoms. The Morgan fingerprint density at radius 2 is 2.15 bits per heavy atom. The van der Waals surface area contributed by atoms with Crippen LogP contribution in [0.2, 0.25) is 5.02 Å². The van der Waals surface area contributed by atoms with Crippen LogP contribution in [0.25, 0.3) is 0 Å². The molecule has 6 heteroatoms. The number of amides is 1. The summed E-state index contributed by atoms with van der Waals surface area (Å²) < 4.78 is 27.3. The van der Waals surface area contributed by atoms with Gasteiger partial charge in [-0.05, 0) is 25.0 Å². The normalized spacial score (nSPS) is 21.8. The van der Waals surface area contributed by atoms with E-state index in [0.717, 1.165) is 19.5 Å². The topological polar surface area (TPSA) is 53.6 Å². The zero-order chi connectivity index (χ0) is 21.9. The Morgan fingerprint density at radius 3 is 2.85 bits per heavy atom. The van der Waals surface area contributed by atoms with Crippen molar-refractivity contribution >= 4 is 23.2 Å². The number of benzene rings is 2. The van der Waals surface area contributed by atoms with Crippen molar-refractivity contribution in [3.05, 3.63) is 58.6 Å². The molecule has 2 atom stereocenters. The van der Waals surface area contributed by atoms with Crippen LogP contribution in [0.4, 0.5) is 5.69 Å². The molecule has 27 heavy (non-hydrogen) atoms. The number of methoxy groups -OCH3 is 1. The quantitative estimate of drug-likeness (QED) is 0.788. The van der Waals surface area contributed by atoms with E-state index in [1.54, 1.807) is 7.05 Å². The zero-order valence-corrected chi connectivity index (χ0v) is 16.2. The minimum Gasteiger partial charge on any atom is -0.496 e. The van der Waals surface area contributed by atoms with E-state index in [2.05, 4.69) is 34.6 Å². The lowest BCUT2D eigenvalue weighted by atomic mass is 10.1. The fraction of sp³-hybridized carbons (Fsp3) is 0.381. The fourth-order valence-electron chi connectivity index (χ4n) is 3.49. The number of nitrogens with zero attached hydrogens (tertiary/aromatic N) is 1. The summed E-state index contributed by atoms with van der Waals surface area (Å²) in [5.41, 5.74) is 1.80. The van der Waals surface area contributed by atoms with Crippen molar-refractivity contribution in [1.29, 1.82) is 0 Å². The Labute approximate surface area is 169 Å². The summed E-state index contributed by atoms with van der Waals surface area (Å²) in [4.78, 5) is 15.3. The van der Waals surface area contributed by atoms with Gasteiger partial charge in [0.25, 0.3) is 5.91 Å². The Morgan fingerprint density at radius 1 is 1.37 bits per heavy atom. The van der Waals surface area contributed by atoms with Crippen LogP contribution in [-0.4, -0.2) is 43.5 Å². The Balaban J connectivity index is 1.74. The number of hydrogen-bond donors (Lipinski definition) is 2. The van der Waals surface area contributed by atoms with Gasteiger partial charge >= 0.3 is 0 Å². The standard InChI is InChI=1S/C21H26ClN3O2/c1-14-18(9-10-25(14)13-15-7-5-4-6-8-15)24-21(26)16-11-17(22)19(23-2)12-20(16)27-3/h4-8,11-12,14,18,23H,9-10,13H2,1-3H3,(H,24,26)/t14-,18-/m1/s1/i3D3. The van der Waals surface area contributed by atoms with Gasteiger partial charge in [-0.3, -0.25) is 9.69 Å². The molecule has 0 bridgehead atoms. The highest BCUT2D eigenvalue weighted by Crippen LogP contribution is 2.31. The lowest BCUT2D eigenvalue weighted by Gasteiger charge is -2.25. The number of halogens is 1. The van der Waals surface area contributed by atoms with E-state index >= 15 is 0 Å². The molecule has 1 aliphatic heterocycles. The number of anilines is 1. The molecule has 0 radical (unpaired) electrons. The van der Waals surface area contributed by atoms with Gasteiger partial charge in [0.1, 0.15) is 5.75 Å². The van der Waals surface area contributed by atoms with E-state index in [1.807, 2.05) is 18.2 Å². The molecular formula is C21H26ClN3O2. The molecule has 5 nitrogen and oxygen atoms in total. The van der Waals surface area contributed by atoms with Crippen LogP contribution in [0.3, 0.4) is 0 Å². The number of carbonyl (C=O) groups is 1. The highest BCUT2D eigenvalue weighted by Gasteiger charge is 2.32. The minimum atomic E-state index is -2.68. The second kappa shape index (κ2) is 8.63. The summed E-state index contributed by atoms with van der Waals surface area (Å²) in [5, 5.41) is 6.20. The van der Waals surface area contributed by atoms with Gasteiger partial charge in [-0.2, -0.15) is 0 Å². The third kappa shape index (κ3) is 4.37. The predicted molar refractivity (Wildman–Crippen MR) is 110 cm³/mol. The Bertz CT molecular complexity index is 893. The molecule has 3 rings (SSSR count). The Kier molecular flexibility index (Phi) is 5.05. The van der Waals surface area contributed by atoms with Crippen molar-refractivity contribution in [3.8, 4) is 5.75 Å². The van der Waals surface area contributed by atoms with Crippen LogP contribution in [0, 0.1) is 0 Å². The van der Waals surface area contributed by atoms with Gasteiger partial charge in [0, 0.05) is 38.3 Å². The van der Waals surface area contributed by atoms with Gasteiger partial charge in [0.2, 0.25) is 0 Å². The van der Waals surface area contributed by atoms with Crippen LogP contribution in [-0.2, 0) is 6.54 Å². The van der Waals surface area contributed by atoms with E-state index in [9.17, 15) is 4.79 Å². The fourth-order valence-corrected chi connectivity index (χ4v) is 3.75. The number of carbonyl (C=O) groups excluding carboxylic acids is 1. The molecule has 2 aromatic rings. The minimum absolute atomic E-state index is 0.0342. The number of nitrogens with one attached hydrogen (secondary N) is 2. The van der Waals surface area contributed by atoms with Crippen LogP contribution >= 0.6 is 11.6 Å². The molecule has 0 saturated carbocycles. The van der Waals surface area contributed by atoms with Crippen molar-refractivity contribution in [2.45, 2.75) is 32.0 Å². The lowest BCUT2D eigenvalue weighted by molar-refractivity contribution is 0.0924. The largest absolute Gasteiger partial charge is 0.496 e. The van der Waals surface area contributed by atoms with Crippen LogP contribution in [0.1, 0.15) is 33.4 Å². The maximum Gasteiger partial charge on any atom is 0.255 e. The van der Waals surface area contributed by atoms with Crippen molar-refractivity contribution < 1.29 is 13.6 Å². The highest BCUT2D eigenvalue weighted by atomic mass is 35.5. The van der Waals surface area contributed by atoms with Crippen LogP contribution in [0.15, 0.2) is 42.5 Å². The number of likely N-dealkylation sites (tertiary alicyclic amines) is 1. The van der Waals surface area contributed by atoms with Crippen LogP contribution < -0.4 is 15.4 Å². The predicted octanol–water partition coefficient (Wildman–Crippen LogP) is 3.78. The first-order valence-electron chi connectivity index (χ1n) is 10.5. The summed E-state index contributed by atoms with van der Waals surface area (Å²) in [5.74, 6) is -0.440. The molecular weight excluding hydrogens is 362 g/mol. The van der Waals surface area contributed by atoms with E-state index in [1.165, 1.54) is 17.7 Å². The first-order chi connectivity index (χ1) is 14.2. The molecule has 0 unspecified atom stereocenters. The lowest BCUT2D eigenvalue weighted by Crippen LogP contribution is -2.43. The maximum absolute atomic E-state index is 13.0. The number of hydrogen-bond acceptors (Lipinski definition) is 4. The van der Waals surface area contributed by atoms with Gasteiger partial charge in [-0.15, -0.1) is 0 Å². The molecule has 1 heterocycles. The van der Waals surface area contributed by atoms with Gasteiger partial charge in [0.15, 0.2) is 0 Å². The van der Waals surface area contributed by atoms with Gasteiger partial charge in [-0.1, -0.05) is 41.9 Å². The van der Waals surface area contributed by atoms with Gasteiger partial charge < -0.3 is 15.4 Å². The van der Waals surface area contributed by atoms with E-state index in [4.69, 9.17) is 20.5 Å². The smallest absolute Gasteiger partial charge is 0.255 e. The van der Waals surface area contributed by atoms with E-state index in [-0.39, 0.29) is 23.4 Å². The summed E-state index contributed by atoms with van der Waals surface area (Å²) in [7, 11) is -1.03. The zero-order valence-electron chi connectivity index (χ0n) is 18.5.